The second-order valence-electron chi connectivity index (χ2n) is 2.95. The van der Waals surface area contributed by atoms with Gasteiger partial charge >= 0.3 is 0 Å². The van der Waals surface area contributed by atoms with Crippen LogP contribution in [0.5, 0.6) is 5.75 Å². The summed E-state index contributed by atoms with van der Waals surface area (Å²) in [5, 5.41) is 18.2. The van der Waals surface area contributed by atoms with Gasteiger partial charge in [-0.2, -0.15) is 0 Å². The van der Waals surface area contributed by atoms with Crippen LogP contribution in [0.4, 0.5) is 0 Å². The molecule has 13 heavy (non-hydrogen) atoms. The van der Waals surface area contributed by atoms with Crippen molar-refractivity contribution in [1.29, 1.82) is 0 Å². The van der Waals surface area contributed by atoms with Crippen molar-refractivity contribution in [2.45, 2.75) is 19.4 Å². The fourth-order valence-electron chi connectivity index (χ4n) is 1.19. The molecule has 0 aliphatic carbocycles. The number of phenols is 1. The summed E-state index contributed by atoms with van der Waals surface area (Å²) in [5.41, 5.74) is 1.70. The van der Waals surface area contributed by atoms with Crippen LogP contribution in [0.25, 0.3) is 0 Å². The van der Waals surface area contributed by atoms with Crippen LogP contribution in [0.3, 0.4) is 0 Å². The van der Waals surface area contributed by atoms with Gasteiger partial charge in [0, 0.05) is 5.56 Å². The van der Waals surface area contributed by atoms with Gasteiger partial charge in [-0.05, 0) is 30.5 Å². The number of rotatable bonds is 4. The molecule has 1 rings (SSSR count). The van der Waals surface area contributed by atoms with Gasteiger partial charge < -0.3 is 10.2 Å². The summed E-state index contributed by atoms with van der Waals surface area (Å²) in [5.74, 6) is 0.157. The van der Waals surface area contributed by atoms with Crippen LogP contribution in [0, 0.1) is 0 Å². The Hall–Kier alpha value is -1.28. The number of aryl methyl sites for hydroxylation is 1. The van der Waals surface area contributed by atoms with Gasteiger partial charge in [-0.3, -0.25) is 0 Å². The molecule has 0 aliphatic heterocycles. The van der Waals surface area contributed by atoms with Crippen molar-refractivity contribution in [3.05, 3.63) is 42.0 Å². The SMILES string of the molecule is C=CCCc1ccc(O)c(CO)c1. The first kappa shape index (κ1) is 9.81. The van der Waals surface area contributed by atoms with Crippen LogP contribution >= 0.6 is 0 Å². The van der Waals surface area contributed by atoms with Crippen LogP contribution < -0.4 is 0 Å². The van der Waals surface area contributed by atoms with E-state index in [4.69, 9.17) is 5.11 Å². The van der Waals surface area contributed by atoms with Gasteiger partial charge in [0.25, 0.3) is 0 Å². The highest BCUT2D eigenvalue weighted by molar-refractivity contribution is 5.35. The fourth-order valence-corrected chi connectivity index (χ4v) is 1.19. The van der Waals surface area contributed by atoms with Gasteiger partial charge in [0.2, 0.25) is 0 Å². The molecular formula is C11H14O2. The van der Waals surface area contributed by atoms with Crippen LogP contribution in [-0.4, -0.2) is 10.2 Å². The van der Waals surface area contributed by atoms with Crippen molar-refractivity contribution in [3.8, 4) is 5.75 Å². The maximum absolute atomic E-state index is 9.28. The number of allylic oxidation sites excluding steroid dienone is 1. The number of hydrogen-bond donors (Lipinski definition) is 2. The first-order chi connectivity index (χ1) is 6.27. The number of aromatic hydroxyl groups is 1. The zero-order valence-electron chi connectivity index (χ0n) is 7.53. The summed E-state index contributed by atoms with van der Waals surface area (Å²) in [6, 6.07) is 5.29. The minimum atomic E-state index is -0.117. The summed E-state index contributed by atoms with van der Waals surface area (Å²) in [6.07, 6.45) is 3.66. The van der Waals surface area contributed by atoms with Gasteiger partial charge in [-0.1, -0.05) is 12.1 Å². The highest BCUT2D eigenvalue weighted by Crippen LogP contribution is 2.19. The molecule has 70 valence electrons. The smallest absolute Gasteiger partial charge is 0.121 e. The molecule has 0 aromatic heterocycles. The molecule has 0 bridgehead atoms. The molecule has 0 amide bonds. The third kappa shape index (κ3) is 2.60. The standard InChI is InChI=1S/C11H14O2/c1-2-3-4-9-5-6-11(13)10(7-9)8-12/h2,5-7,12-13H,1,3-4,8H2. The van der Waals surface area contributed by atoms with Gasteiger partial charge in [0.15, 0.2) is 0 Å². The van der Waals surface area contributed by atoms with Crippen molar-refractivity contribution in [1.82, 2.24) is 0 Å². The lowest BCUT2D eigenvalue weighted by atomic mass is 10.1. The van der Waals surface area contributed by atoms with Crippen molar-refractivity contribution >= 4 is 0 Å². The Bertz CT molecular complexity index is 292. The predicted octanol–water partition coefficient (Wildman–Crippen LogP) is 2.00. The molecule has 2 heteroatoms. The van der Waals surface area contributed by atoms with E-state index in [9.17, 15) is 5.11 Å². The topological polar surface area (TPSA) is 40.5 Å². The normalized spacial score (nSPS) is 9.92. The Morgan fingerprint density at radius 2 is 2.15 bits per heavy atom. The van der Waals surface area contributed by atoms with Crippen molar-refractivity contribution in [2.75, 3.05) is 0 Å². The summed E-state index contributed by atoms with van der Waals surface area (Å²) >= 11 is 0. The number of hydrogen-bond acceptors (Lipinski definition) is 2. The number of aliphatic hydroxyl groups excluding tert-OH is 1. The summed E-state index contributed by atoms with van der Waals surface area (Å²) < 4.78 is 0. The van der Waals surface area contributed by atoms with Crippen LogP contribution in [0.15, 0.2) is 30.9 Å². The van der Waals surface area contributed by atoms with Gasteiger partial charge in [-0.15, -0.1) is 6.58 Å². The Labute approximate surface area is 78.2 Å². The second kappa shape index (κ2) is 4.67. The van der Waals surface area contributed by atoms with E-state index in [0.29, 0.717) is 5.56 Å². The Balaban J connectivity index is 2.79. The molecule has 0 fully saturated rings. The molecule has 0 heterocycles. The molecule has 0 unspecified atom stereocenters. The van der Waals surface area contributed by atoms with Crippen molar-refractivity contribution in [3.63, 3.8) is 0 Å². The maximum Gasteiger partial charge on any atom is 0.121 e. The van der Waals surface area contributed by atoms with Gasteiger partial charge in [0.1, 0.15) is 5.75 Å². The molecule has 0 spiro atoms. The third-order valence-electron chi connectivity index (χ3n) is 1.95. The minimum absolute atomic E-state index is 0.117. The summed E-state index contributed by atoms with van der Waals surface area (Å²) in [6.45, 7) is 3.52. The van der Waals surface area contributed by atoms with E-state index in [2.05, 4.69) is 6.58 Å². The highest BCUT2D eigenvalue weighted by atomic mass is 16.3. The van der Waals surface area contributed by atoms with E-state index in [0.717, 1.165) is 18.4 Å². The monoisotopic (exact) mass is 178 g/mol. The van der Waals surface area contributed by atoms with Crippen molar-refractivity contribution in [2.24, 2.45) is 0 Å². The van der Waals surface area contributed by atoms with Crippen LogP contribution in [0.1, 0.15) is 17.5 Å². The van der Waals surface area contributed by atoms with Gasteiger partial charge in [0.05, 0.1) is 6.61 Å². The molecule has 2 N–H and O–H groups in total. The molecular weight excluding hydrogens is 164 g/mol. The highest BCUT2D eigenvalue weighted by Gasteiger charge is 2.00. The Morgan fingerprint density at radius 1 is 1.38 bits per heavy atom. The molecule has 0 radical (unpaired) electrons. The largest absolute Gasteiger partial charge is 0.508 e. The zero-order valence-corrected chi connectivity index (χ0v) is 7.53. The van der Waals surface area contributed by atoms with E-state index in [1.807, 2.05) is 18.2 Å². The van der Waals surface area contributed by atoms with E-state index in [-0.39, 0.29) is 12.4 Å². The lowest BCUT2D eigenvalue weighted by Crippen LogP contribution is -1.89. The average Bonchev–Trinajstić information content (AvgIpc) is 2.16. The average molecular weight is 178 g/mol. The van der Waals surface area contributed by atoms with E-state index in [1.165, 1.54) is 0 Å². The molecule has 1 aromatic rings. The minimum Gasteiger partial charge on any atom is -0.508 e. The molecule has 2 nitrogen and oxygen atoms in total. The number of aliphatic hydroxyl groups is 1. The molecule has 0 saturated carbocycles. The zero-order chi connectivity index (χ0) is 9.68. The first-order valence-corrected chi connectivity index (χ1v) is 4.30. The molecule has 1 aromatic carbocycles. The third-order valence-corrected chi connectivity index (χ3v) is 1.95. The molecule has 0 atom stereocenters. The van der Waals surface area contributed by atoms with E-state index in [1.54, 1.807) is 6.07 Å². The summed E-state index contributed by atoms with van der Waals surface area (Å²) in [7, 11) is 0. The Kier molecular flexibility index (Phi) is 3.53. The maximum atomic E-state index is 9.28. The second-order valence-corrected chi connectivity index (χ2v) is 2.95. The van der Waals surface area contributed by atoms with E-state index >= 15 is 0 Å². The lowest BCUT2D eigenvalue weighted by molar-refractivity contribution is 0.275. The van der Waals surface area contributed by atoms with Gasteiger partial charge in [-0.25, -0.2) is 0 Å². The van der Waals surface area contributed by atoms with Crippen LogP contribution in [-0.2, 0) is 13.0 Å². The first-order valence-electron chi connectivity index (χ1n) is 4.30. The molecule has 0 aliphatic rings. The fraction of sp³-hybridized carbons (Fsp3) is 0.273. The predicted molar refractivity (Wildman–Crippen MR) is 52.5 cm³/mol. The number of benzene rings is 1. The lowest BCUT2D eigenvalue weighted by Gasteiger charge is -2.04. The Morgan fingerprint density at radius 3 is 2.77 bits per heavy atom. The summed E-state index contributed by atoms with van der Waals surface area (Å²) in [4.78, 5) is 0. The van der Waals surface area contributed by atoms with E-state index < -0.39 is 0 Å². The van der Waals surface area contributed by atoms with Crippen molar-refractivity contribution < 1.29 is 10.2 Å². The molecule has 0 saturated heterocycles. The van der Waals surface area contributed by atoms with Crippen LogP contribution in [0.2, 0.25) is 0 Å². The quantitative estimate of drug-likeness (QED) is 0.692.